The molecular weight excluding hydrogens is 344 g/mol. The van der Waals surface area contributed by atoms with Crippen LogP contribution in [0.15, 0.2) is 35.0 Å². The van der Waals surface area contributed by atoms with E-state index in [1.165, 1.54) is 24.8 Å². The maximum Gasteiger partial charge on any atom is 0.258 e. The highest BCUT2D eigenvalue weighted by atomic mass is 32.1. The normalized spacial score (nSPS) is 16.2. The Balaban J connectivity index is 1.55. The van der Waals surface area contributed by atoms with Gasteiger partial charge >= 0.3 is 0 Å². The molecule has 0 aliphatic carbocycles. The van der Waals surface area contributed by atoms with E-state index >= 15 is 0 Å². The van der Waals surface area contributed by atoms with Gasteiger partial charge in [-0.25, -0.2) is 0 Å². The van der Waals surface area contributed by atoms with Gasteiger partial charge in [-0.2, -0.15) is 11.3 Å². The number of carbonyl (C=O) groups is 1. The summed E-state index contributed by atoms with van der Waals surface area (Å²) < 4.78 is 5.77. The SMILES string of the molecule is Cc1cccc(C)c1OCC(=O)NCC(c1ccsc1)N1CCCCC1. The second-order valence-electron chi connectivity index (χ2n) is 6.98. The van der Waals surface area contributed by atoms with Crippen LogP contribution in [0, 0.1) is 13.8 Å². The minimum absolute atomic E-state index is 0.0576. The van der Waals surface area contributed by atoms with Crippen molar-refractivity contribution in [2.75, 3.05) is 26.2 Å². The number of benzene rings is 1. The van der Waals surface area contributed by atoms with Gasteiger partial charge in [0.1, 0.15) is 5.75 Å². The zero-order valence-electron chi connectivity index (χ0n) is 15.7. The lowest BCUT2D eigenvalue weighted by atomic mass is 10.0. The van der Waals surface area contributed by atoms with Crippen LogP contribution in [0.25, 0.3) is 0 Å². The van der Waals surface area contributed by atoms with Gasteiger partial charge in [0, 0.05) is 6.54 Å². The van der Waals surface area contributed by atoms with Crippen LogP contribution in [-0.4, -0.2) is 37.0 Å². The smallest absolute Gasteiger partial charge is 0.258 e. The van der Waals surface area contributed by atoms with Gasteiger partial charge in [-0.15, -0.1) is 0 Å². The van der Waals surface area contributed by atoms with Crippen LogP contribution >= 0.6 is 11.3 Å². The molecule has 1 saturated heterocycles. The summed E-state index contributed by atoms with van der Waals surface area (Å²) in [5.74, 6) is 0.748. The van der Waals surface area contributed by atoms with E-state index in [2.05, 4.69) is 27.0 Å². The van der Waals surface area contributed by atoms with Crippen molar-refractivity contribution in [3.8, 4) is 5.75 Å². The molecule has 1 atom stereocenters. The van der Waals surface area contributed by atoms with Gasteiger partial charge in [0.15, 0.2) is 6.61 Å². The molecule has 1 aliphatic heterocycles. The highest BCUT2D eigenvalue weighted by molar-refractivity contribution is 7.07. The zero-order valence-corrected chi connectivity index (χ0v) is 16.5. The summed E-state index contributed by atoms with van der Waals surface area (Å²) in [5, 5.41) is 7.38. The fourth-order valence-electron chi connectivity index (χ4n) is 3.58. The van der Waals surface area contributed by atoms with Crippen molar-refractivity contribution >= 4 is 17.2 Å². The molecule has 1 aliphatic rings. The number of hydrogen-bond acceptors (Lipinski definition) is 4. The number of aryl methyl sites for hydroxylation is 2. The third-order valence-electron chi connectivity index (χ3n) is 5.01. The largest absolute Gasteiger partial charge is 0.483 e. The van der Waals surface area contributed by atoms with Gasteiger partial charge in [0.2, 0.25) is 0 Å². The van der Waals surface area contributed by atoms with Crippen molar-refractivity contribution in [1.82, 2.24) is 10.2 Å². The average Bonchev–Trinajstić information content (AvgIpc) is 3.17. The van der Waals surface area contributed by atoms with Crippen LogP contribution in [0.3, 0.4) is 0 Å². The predicted molar refractivity (Wildman–Crippen MR) is 107 cm³/mol. The lowest BCUT2D eigenvalue weighted by Gasteiger charge is -2.34. The van der Waals surface area contributed by atoms with Crippen LogP contribution in [-0.2, 0) is 4.79 Å². The number of ether oxygens (including phenoxy) is 1. The number of nitrogens with zero attached hydrogens (tertiary/aromatic N) is 1. The molecule has 4 nitrogen and oxygen atoms in total. The molecule has 1 aromatic carbocycles. The summed E-state index contributed by atoms with van der Waals surface area (Å²) in [7, 11) is 0. The predicted octanol–water partition coefficient (Wildman–Crippen LogP) is 4.09. The third kappa shape index (κ3) is 4.86. The molecule has 26 heavy (non-hydrogen) atoms. The lowest BCUT2D eigenvalue weighted by Crippen LogP contribution is -2.41. The molecule has 140 valence electrons. The Labute approximate surface area is 160 Å². The number of likely N-dealkylation sites (tertiary alicyclic amines) is 1. The molecule has 1 aromatic heterocycles. The Kier molecular flexibility index (Phi) is 6.69. The lowest BCUT2D eigenvalue weighted by molar-refractivity contribution is -0.123. The maximum atomic E-state index is 12.3. The number of thiophene rings is 1. The summed E-state index contributed by atoms with van der Waals surface area (Å²) in [6, 6.07) is 8.43. The van der Waals surface area contributed by atoms with E-state index in [9.17, 15) is 4.79 Å². The van der Waals surface area contributed by atoms with Crippen molar-refractivity contribution in [2.45, 2.75) is 39.2 Å². The summed E-state index contributed by atoms with van der Waals surface area (Å²) in [6.45, 7) is 6.91. The van der Waals surface area contributed by atoms with Crippen molar-refractivity contribution < 1.29 is 9.53 Å². The molecule has 1 fully saturated rings. The molecule has 1 unspecified atom stereocenters. The molecule has 1 amide bonds. The van der Waals surface area contributed by atoms with Gasteiger partial charge < -0.3 is 10.1 Å². The minimum Gasteiger partial charge on any atom is -0.483 e. The molecule has 0 bridgehead atoms. The standard InChI is InChI=1S/C21H28N2O2S/c1-16-7-6-8-17(2)21(16)25-14-20(24)22-13-19(18-9-12-26-15-18)23-10-4-3-5-11-23/h6-9,12,15,19H,3-5,10-11,13-14H2,1-2H3,(H,22,24). The molecule has 2 heterocycles. The number of para-hydroxylation sites is 1. The van der Waals surface area contributed by atoms with E-state index < -0.39 is 0 Å². The Hall–Kier alpha value is -1.85. The minimum atomic E-state index is -0.0649. The Morgan fingerprint density at radius 2 is 1.92 bits per heavy atom. The molecule has 1 N–H and O–H groups in total. The van der Waals surface area contributed by atoms with Crippen molar-refractivity contribution in [3.63, 3.8) is 0 Å². The Morgan fingerprint density at radius 3 is 2.58 bits per heavy atom. The first-order valence-electron chi connectivity index (χ1n) is 9.37. The highest BCUT2D eigenvalue weighted by Crippen LogP contribution is 2.26. The van der Waals surface area contributed by atoms with Gasteiger partial charge in [-0.1, -0.05) is 24.6 Å². The average molecular weight is 373 g/mol. The number of piperidine rings is 1. The summed E-state index contributed by atoms with van der Waals surface area (Å²) in [6.07, 6.45) is 3.79. The highest BCUT2D eigenvalue weighted by Gasteiger charge is 2.23. The van der Waals surface area contributed by atoms with Crippen molar-refractivity contribution in [1.29, 1.82) is 0 Å². The van der Waals surface area contributed by atoms with E-state index in [4.69, 9.17) is 4.74 Å². The monoisotopic (exact) mass is 372 g/mol. The van der Waals surface area contributed by atoms with Crippen LogP contribution in [0.5, 0.6) is 5.75 Å². The van der Waals surface area contributed by atoms with Crippen LogP contribution < -0.4 is 10.1 Å². The van der Waals surface area contributed by atoms with Gasteiger partial charge in [0.25, 0.3) is 5.91 Å². The van der Waals surface area contributed by atoms with E-state index in [1.807, 2.05) is 32.0 Å². The zero-order chi connectivity index (χ0) is 18.4. The molecule has 2 aromatic rings. The van der Waals surface area contributed by atoms with Crippen LogP contribution in [0.4, 0.5) is 0 Å². The van der Waals surface area contributed by atoms with Crippen LogP contribution in [0.2, 0.25) is 0 Å². The fraction of sp³-hybridized carbons (Fsp3) is 0.476. The number of hydrogen-bond donors (Lipinski definition) is 1. The molecule has 0 radical (unpaired) electrons. The molecule has 5 heteroatoms. The summed E-state index contributed by atoms with van der Waals surface area (Å²) in [4.78, 5) is 14.8. The van der Waals surface area contributed by atoms with Crippen molar-refractivity contribution in [3.05, 3.63) is 51.7 Å². The first kappa shape index (κ1) is 18.9. The Morgan fingerprint density at radius 1 is 1.19 bits per heavy atom. The summed E-state index contributed by atoms with van der Waals surface area (Å²) in [5.41, 5.74) is 3.41. The number of rotatable bonds is 7. The quantitative estimate of drug-likeness (QED) is 0.796. The second-order valence-corrected chi connectivity index (χ2v) is 7.76. The first-order chi connectivity index (χ1) is 12.6. The number of carbonyl (C=O) groups excluding carboxylic acids is 1. The molecular formula is C21H28N2O2S. The fourth-order valence-corrected chi connectivity index (χ4v) is 4.29. The van der Waals surface area contributed by atoms with E-state index in [0.717, 1.165) is 30.0 Å². The Bertz CT molecular complexity index is 689. The molecule has 0 saturated carbocycles. The van der Waals surface area contributed by atoms with Crippen molar-refractivity contribution in [2.24, 2.45) is 0 Å². The summed E-state index contributed by atoms with van der Waals surface area (Å²) >= 11 is 1.71. The maximum absolute atomic E-state index is 12.3. The third-order valence-corrected chi connectivity index (χ3v) is 5.71. The topological polar surface area (TPSA) is 41.6 Å². The van der Waals surface area contributed by atoms with Gasteiger partial charge in [-0.3, -0.25) is 9.69 Å². The number of amides is 1. The first-order valence-corrected chi connectivity index (χ1v) is 10.3. The van der Waals surface area contributed by atoms with E-state index in [0.29, 0.717) is 6.54 Å². The molecule has 0 spiro atoms. The van der Waals surface area contributed by atoms with Gasteiger partial charge in [-0.05, 0) is 73.3 Å². The molecule has 3 rings (SSSR count). The van der Waals surface area contributed by atoms with Gasteiger partial charge in [0.05, 0.1) is 6.04 Å². The van der Waals surface area contributed by atoms with E-state index in [1.54, 1.807) is 11.3 Å². The van der Waals surface area contributed by atoms with Crippen LogP contribution in [0.1, 0.15) is 42.0 Å². The van der Waals surface area contributed by atoms with E-state index in [-0.39, 0.29) is 18.6 Å². The second kappa shape index (κ2) is 9.19. The number of nitrogens with one attached hydrogen (secondary N) is 1.